The van der Waals surface area contributed by atoms with E-state index in [0.29, 0.717) is 30.0 Å². The summed E-state index contributed by atoms with van der Waals surface area (Å²) in [5.74, 6) is -0.819. The van der Waals surface area contributed by atoms with Gasteiger partial charge in [-0.15, -0.1) is 0 Å². The molecule has 1 aromatic carbocycles. The Morgan fingerprint density at radius 1 is 1.22 bits per heavy atom. The first-order valence-corrected chi connectivity index (χ1v) is 12.7. The van der Waals surface area contributed by atoms with E-state index in [4.69, 9.17) is 10.1 Å². The van der Waals surface area contributed by atoms with Crippen molar-refractivity contribution in [3.05, 3.63) is 41.0 Å². The topological polar surface area (TPSA) is 86.2 Å². The number of hydrogen-bond donors (Lipinski definition) is 4. The van der Waals surface area contributed by atoms with Gasteiger partial charge in [0.1, 0.15) is 11.5 Å². The van der Waals surface area contributed by atoms with Crippen molar-refractivity contribution in [1.29, 1.82) is 5.41 Å². The van der Waals surface area contributed by atoms with Gasteiger partial charge in [-0.25, -0.2) is 4.39 Å². The van der Waals surface area contributed by atoms with Crippen LogP contribution in [-0.4, -0.2) is 49.4 Å². The van der Waals surface area contributed by atoms with Crippen molar-refractivity contribution in [2.45, 2.75) is 63.7 Å². The molecule has 6 nitrogen and oxygen atoms in total. The summed E-state index contributed by atoms with van der Waals surface area (Å²) in [6.07, 6.45) is 10.1. The first-order valence-electron chi connectivity index (χ1n) is 11.4. The molecule has 0 unspecified atom stereocenters. The molecule has 0 aliphatic heterocycles. The number of nitrogens with one attached hydrogen (secondary N) is 4. The Labute approximate surface area is 195 Å². The minimum atomic E-state index is -0.485. The highest BCUT2D eigenvalue weighted by atomic mass is 32.2. The van der Waals surface area contributed by atoms with Crippen LogP contribution in [-0.2, 0) is 9.53 Å². The minimum absolute atomic E-state index is 0.0366. The molecule has 178 valence electrons. The number of ether oxygens (including phenoxy) is 1. The molecular formula is C24H37FN4O2S. The summed E-state index contributed by atoms with van der Waals surface area (Å²) in [5.41, 5.74) is 1.40. The number of carbonyl (C=O) groups is 1. The van der Waals surface area contributed by atoms with E-state index in [9.17, 15) is 9.18 Å². The van der Waals surface area contributed by atoms with E-state index in [2.05, 4.69) is 22.2 Å². The summed E-state index contributed by atoms with van der Waals surface area (Å²) in [6, 6.07) is 4.35. The fourth-order valence-corrected chi connectivity index (χ4v) is 3.98. The standard InChI is InChI=1S/C20H29FN4O2.C4H8S/c1-3-23-8-9-24-18(13-22)19(27-17-6-4-5-7-17)20(26)25-16-11-14(2)10-15(21)12-16;1-5-4-2-3-4/h10-13,17,22-24H,3-9H2,1-2H3,(H,25,26);4H,2-3H2,1H3/b19-18-,22-13?;. The minimum Gasteiger partial charge on any atom is -0.483 e. The molecule has 4 N–H and O–H groups in total. The van der Waals surface area contributed by atoms with Gasteiger partial charge in [0.25, 0.3) is 5.91 Å². The lowest BCUT2D eigenvalue weighted by molar-refractivity contribution is -0.117. The number of halogens is 1. The van der Waals surface area contributed by atoms with E-state index < -0.39 is 11.7 Å². The Balaban J connectivity index is 0.000000636. The van der Waals surface area contributed by atoms with Crippen LogP contribution in [0.5, 0.6) is 0 Å². The van der Waals surface area contributed by atoms with Crippen LogP contribution >= 0.6 is 11.8 Å². The van der Waals surface area contributed by atoms with Crippen molar-refractivity contribution in [2.24, 2.45) is 0 Å². The van der Waals surface area contributed by atoms with Gasteiger partial charge in [0.2, 0.25) is 5.76 Å². The van der Waals surface area contributed by atoms with Gasteiger partial charge < -0.3 is 26.1 Å². The zero-order chi connectivity index (χ0) is 23.3. The monoisotopic (exact) mass is 464 g/mol. The van der Waals surface area contributed by atoms with Crippen LogP contribution in [0.25, 0.3) is 0 Å². The lowest BCUT2D eigenvalue weighted by atomic mass is 10.2. The predicted octanol–water partition coefficient (Wildman–Crippen LogP) is 4.60. The molecule has 0 aromatic heterocycles. The first-order chi connectivity index (χ1) is 15.5. The number of hydrogen-bond acceptors (Lipinski definition) is 6. The third-order valence-corrected chi connectivity index (χ3v) is 6.34. The normalized spacial score (nSPS) is 16.5. The quantitative estimate of drug-likeness (QED) is 0.166. The Kier molecular flexibility index (Phi) is 11.6. The van der Waals surface area contributed by atoms with Crippen LogP contribution in [0, 0.1) is 18.2 Å². The van der Waals surface area contributed by atoms with Crippen molar-refractivity contribution in [1.82, 2.24) is 10.6 Å². The summed E-state index contributed by atoms with van der Waals surface area (Å²) >= 11 is 1.99. The molecule has 2 aliphatic carbocycles. The molecule has 2 aliphatic rings. The Bertz CT molecular complexity index is 757. The van der Waals surface area contributed by atoms with E-state index in [1.54, 1.807) is 13.0 Å². The zero-order valence-corrected chi connectivity index (χ0v) is 20.2. The summed E-state index contributed by atoms with van der Waals surface area (Å²) < 4.78 is 19.6. The largest absolute Gasteiger partial charge is 0.483 e. The van der Waals surface area contributed by atoms with Gasteiger partial charge in [-0.2, -0.15) is 11.8 Å². The highest BCUT2D eigenvalue weighted by Gasteiger charge is 2.24. The van der Waals surface area contributed by atoms with Gasteiger partial charge in [0, 0.05) is 30.2 Å². The van der Waals surface area contributed by atoms with Crippen LogP contribution in [0.2, 0.25) is 0 Å². The number of likely N-dealkylation sites (N-methyl/N-ethyl adjacent to an activating group) is 1. The smallest absolute Gasteiger partial charge is 0.293 e. The van der Waals surface area contributed by atoms with E-state index >= 15 is 0 Å². The van der Waals surface area contributed by atoms with E-state index in [-0.39, 0.29) is 11.9 Å². The molecule has 32 heavy (non-hydrogen) atoms. The summed E-state index contributed by atoms with van der Waals surface area (Å²) in [5, 5.41) is 17.7. The third kappa shape index (κ3) is 9.61. The molecule has 0 atom stereocenters. The summed E-state index contributed by atoms with van der Waals surface area (Å²) in [4.78, 5) is 12.8. The zero-order valence-electron chi connectivity index (χ0n) is 19.4. The van der Waals surface area contributed by atoms with Crippen molar-refractivity contribution >= 4 is 29.6 Å². The van der Waals surface area contributed by atoms with E-state index in [1.165, 1.54) is 25.0 Å². The lowest BCUT2D eigenvalue weighted by Gasteiger charge is -2.19. The van der Waals surface area contributed by atoms with Gasteiger partial charge >= 0.3 is 0 Å². The first kappa shape index (κ1) is 26.2. The second kappa shape index (κ2) is 14.2. The molecule has 1 aromatic rings. The SMILES string of the molecule is CCNCCN/C(C=N)=C(\OC1CCCC1)C(=O)Nc1cc(C)cc(F)c1.CSC1CC1. The fourth-order valence-electron chi connectivity index (χ4n) is 3.37. The van der Waals surface area contributed by atoms with Crippen molar-refractivity contribution in [3.8, 4) is 0 Å². The van der Waals surface area contributed by atoms with Crippen molar-refractivity contribution in [2.75, 3.05) is 31.2 Å². The molecule has 0 saturated heterocycles. The van der Waals surface area contributed by atoms with Crippen molar-refractivity contribution < 1.29 is 13.9 Å². The highest BCUT2D eigenvalue weighted by Crippen LogP contribution is 2.31. The van der Waals surface area contributed by atoms with Crippen LogP contribution in [0.3, 0.4) is 0 Å². The molecule has 0 radical (unpaired) electrons. The number of allylic oxidation sites excluding steroid dienone is 1. The number of rotatable bonds is 11. The van der Waals surface area contributed by atoms with Crippen molar-refractivity contribution in [3.63, 3.8) is 0 Å². The maximum atomic E-state index is 13.6. The Morgan fingerprint density at radius 3 is 2.47 bits per heavy atom. The predicted molar refractivity (Wildman–Crippen MR) is 132 cm³/mol. The molecule has 0 bridgehead atoms. The van der Waals surface area contributed by atoms with Gasteiger partial charge in [-0.3, -0.25) is 4.79 Å². The van der Waals surface area contributed by atoms with Gasteiger partial charge in [0.15, 0.2) is 0 Å². The van der Waals surface area contributed by atoms with E-state index in [0.717, 1.165) is 43.7 Å². The molecule has 0 heterocycles. The number of thioether (sulfide) groups is 1. The third-order valence-electron chi connectivity index (χ3n) is 5.21. The maximum absolute atomic E-state index is 13.6. The molecule has 0 spiro atoms. The maximum Gasteiger partial charge on any atom is 0.293 e. The molecule has 2 saturated carbocycles. The van der Waals surface area contributed by atoms with Gasteiger partial charge in [0.05, 0.1) is 6.10 Å². The second-order valence-electron chi connectivity index (χ2n) is 8.10. The summed E-state index contributed by atoms with van der Waals surface area (Å²) in [7, 11) is 0. The number of amides is 1. The second-order valence-corrected chi connectivity index (χ2v) is 9.24. The Hall–Kier alpha value is -2.06. The molecule has 1 amide bonds. The molecule has 2 fully saturated rings. The highest BCUT2D eigenvalue weighted by molar-refractivity contribution is 7.99. The van der Waals surface area contributed by atoms with Gasteiger partial charge in [-0.05, 0) is 82.0 Å². The lowest BCUT2D eigenvalue weighted by Crippen LogP contribution is -2.31. The average molecular weight is 465 g/mol. The van der Waals surface area contributed by atoms with Gasteiger partial charge in [-0.1, -0.05) is 6.92 Å². The molecule has 3 rings (SSSR count). The fraction of sp³-hybridized carbons (Fsp3) is 0.583. The van der Waals surface area contributed by atoms with E-state index in [1.807, 2.05) is 18.7 Å². The number of anilines is 1. The number of benzene rings is 1. The molecule has 8 heteroatoms. The Morgan fingerprint density at radius 2 is 1.94 bits per heavy atom. The van der Waals surface area contributed by atoms with Crippen LogP contribution < -0.4 is 16.0 Å². The number of aryl methyl sites for hydroxylation is 1. The van der Waals surface area contributed by atoms with Crippen LogP contribution in [0.4, 0.5) is 10.1 Å². The summed E-state index contributed by atoms with van der Waals surface area (Å²) in [6.45, 7) is 5.88. The average Bonchev–Trinajstić information content (AvgIpc) is 3.47. The van der Waals surface area contributed by atoms with Crippen LogP contribution in [0.1, 0.15) is 51.0 Å². The molecular weight excluding hydrogens is 427 g/mol. The number of carbonyl (C=O) groups excluding carboxylic acids is 1. The van der Waals surface area contributed by atoms with Crippen LogP contribution in [0.15, 0.2) is 29.7 Å².